The lowest BCUT2D eigenvalue weighted by Gasteiger charge is -2.16. The molecule has 6 heteroatoms. The van der Waals surface area contributed by atoms with E-state index >= 15 is 0 Å². The number of sulfonamides is 1. The van der Waals surface area contributed by atoms with Crippen molar-refractivity contribution in [2.45, 2.75) is 25.2 Å². The summed E-state index contributed by atoms with van der Waals surface area (Å²) in [6.07, 6.45) is 1.19. The molecule has 1 saturated carbocycles. The lowest BCUT2D eigenvalue weighted by Crippen LogP contribution is -2.23. The molecule has 1 unspecified atom stereocenters. The lowest BCUT2D eigenvalue weighted by atomic mass is 10.1. The molecule has 1 fully saturated rings. The first kappa shape index (κ1) is 15.1. The Balaban J connectivity index is 2.20. The largest absolute Gasteiger partial charge is 0.396 e. The summed E-state index contributed by atoms with van der Waals surface area (Å²) in [6.45, 7) is 5.29. The first-order valence-corrected chi connectivity index (χ1v) is 8.15. The third kappa shape index (κ3) is 2.76. The fourth-order valence-corrected chi connectivity index (χ4v) is 3.31. The van der Waals surface area contributed by atoms with Gasteiger partial charge in [-0.15, -0.1) is 0 Å². The minimum atomic E-state index is -3.51. The van der Waals surface area contributed by atoms with Gasteiger partial charge in [0.2, 0.25) is 10.0 Å². The van der Waals surface area contributed by atoms with Crippen LogP contribution in [-0.4, -0.2) is 33.4 Å². The van der Waals surface area contributed by atoms with Gasteiger partial charge in [-0.1, -0.05) is 19.9 Å². The Labute approximate surface area is 121 Å². The summed E-state index contributed by atoms with van der Waals surface area (Å²) in [6, 6.07) is 5.07. The molecule has 0 saturated heterocycles. The topological polar surface area (TPSA) is 75.4 Å². The normalized spacial score (nSPS) is 20.9. The highest BCUT2D eigenvalue weighted by Gasteiger charge is 2.45. The van der Waals surface area contributed by atoms with E-state index in [2.05, 4.69) is 19.2 Å². The molecule has 0 bridgehead atoms. The van der Waals surface area contributed by atoms with Crippen molar-refractivity contribution < 1.29 is 8.42 Å². The van der Waals surface area contributed by atoms with Crippen LogP contribution in [0.1, 0.15) is 20.3 Å². The Morgan fingerprint density at radius 3 is 2.50 bits per heavy atom. The zero-order valence-electron chi connectivity index (χ0n) is 12.5. The van der Waals surface area contributed by atoms with Gasteiger partial charge < -0.3 is 11.1 Å². The van der Waals surface area contributed by atoms with Gasteiger partial charge in [-0.3, -0.25) is 0 Å². The highest BCUT2D eigenvalue weighted by atomic mass is 32.2. The average molecular weight is 297 g/mol. The van der Waals surface area contributed by atoms with Gasteiger partial charge in [-0.2, -0.15) is 0 Å². The molecule has 0 aliphatic heterocycles. The van der Waals surface area contributed by atoms with E-state index in [1.165, 1.54) is 30.9 Å². The van der Waals surface area contributed by atoms with Crippen LogP contribution in [0, 0.1) is 11.3 Å². The molecule has 1 aliphatic carbocycles. The summed E-state index contributed by atoms with van der Waals surface area (Å²) >= 11 is 0. The molecule has 0 amide bonds. The zero-order chi connectivity index (χ0) is 15.1. The van der Waals surface area contributed by atoms with Crippen molar-refractivity contribution in [3.8, 4) is 0 Å². The van der Waals surface area contributed by atoms with Gasteiger partial charge in [0.05, 0.1) is 11.4 Å². The summed E-state index contributed by atoms with van der Waals surface area (Å²) in [7, 11) is -0.504. The van der Waals surface area contributed by atoms with E-state index in [0.29, 0.717) is 22.7 Å². The van der Waals surface area contributed by atoms with E-state index in [-0.39, 0.29) is 4.90 Å². The molecule has 1 aromatic rings. The molecule has 0 radical (unpaired) electrons. The molecule has 3 N–H and O–H groups in total. The number of nitrogen functional groups attached to an aromatic ring is 1. The van der Waals surface area contributed by atoms with Gasteiger partial charge in [0, 0.05) is 20.6 Å². The molecular weight excluding hydrogens is 274 g/mol. The van der Waals surface area contributed by atoms with Gasteiger partial charge in [0.1, 0.15) is 4.90 Å². The number of para-hydroxylation sites is 1. The van der Waals surface area contributed by atoms with Crippen LogP contribution in [0.25, 0.3) is 0 Å². The maximum atomic E-state index is 12.2. The van der Waals surface area contributed by atoms with Gasteiger partial charge in [-0.25, -0.2) is 12.7 Å². The van der Waals surface area contributed by atoms with Crippen LogP contribution in [0.2, 0.25) is 0 Å². The first-order valence-electron chi connectivity index (χ1n) is 6.71. The Bertz CT molecular complexity index is 609. The molecule has 0 heterocycles. The quantitative estimate of drug-likeness (QED) is 0.815. The molecule has 0 spiro atoms. The molecule has 2 rings (SSSR count). The van der Waals surface area contributed by atoms with E-state index in [0.717, 1.165) is 6.54 Å². The third-order valence-corrected chi connectivity index (χ3v) is 5.95. The fraction of sp³-hybridized carbons (Fsp3) is 0.571. The minimum absolute atomic E-state index is 0.155. The van der Waals surface area contributed by atoms with Crippen LogP contribution in [0.15, 0.2) is 23.1 Å². The van der Waals surface area contributed by atoms with Crippen LogP contribution < -0.4 is 11.1 Å². The van der Waals surface area contributed by atoms with Gasteiger partial charge in [-0.05, 0) is 29.9 Å². The van der Waals surface area contributed by atoms with Crippen molar-refractivity contribution in [3.05, 3.63) is 18.2 Å². The van der Waals surface area contributed by atoms with E-state index in [4.69, 9.17) is 5.73 Å². The molecule has 1 aromatic carbocycles. The summed E-state index contributed by atoms with van der Waals surface area (Å²) in [5.41, 5.74) is 7.38. The second kappa shape index (κ2) is 4.93. The van der Waals surface area contributed by atoms with Gasteiger partial charge >= 0.3 is 0 Å². The van der Waals surface area contributed by atoms with Gasteiger partial charge in [0.25, 0.3) is 0 Å². The number of nitrogens with zero attached hydrogens (tertiary/aromatic N) is 1. The molecule has 1 aliphatic rings. The Kier molecular flexibility index (Phi) is 3.73. The summed E-state index contributed by atoms with van der Waals surface area (Å²) in [4.78, 5) is 0.155. The predicted octanol–water partition coefficient (Wildman–Crippen LogP) is 1.98. The van der Waals surface area contributed by atoms with Crippen LogP contribution >= 0.6 is 0 Å². The first-order chi connectivity index (χ1) is 9.16. The third-order valence-electron chi connectivity index (χ3n) is 4.08. The van der Waals surface area contributed by atoms with Gasteiger partial charge in [0.15, 0.2) is 0 Å². The fourth-order valence-electron chi connectivity index (χ4n) is 2.28. The Morgan fingerprint density at radius 2 is 2.00 bits per heavy atom. The molecule has 20 heavy (non-hydrogen) atoms. The van der Waals surface area contributed by atoms with Crippen LogP contribution in [0.3, 0.4) is 0 Å². The minimum Gasteiger partial charge on any atom is -0.396 e. The second-order valence-electron chi connectivity index (χ2n) is 6.28. The number of hydrogen-bond donors (Lipinski definition) is 2. The van der Waals surface area contributed by atoms with E-state index in [1.807, 2.05) is 6.07 Å². The highest BCUT2D eigenvalue weighted by molar-refractivity contribution is 7.89. The second-order valence-corrected chi connectivity index (χ2v) is 8.40. The number of benzene rings is 1. The van der Waals surface area contributed by atoms with Crippen LogP contribution in [0.5, 0.6) is 0 Å². The molecular formula is C14H23N3O2S. The predicted molar refractivity (Wildman–Crippen MR) is 82.1 cm³/mol. The van der Waals surface area contributed by atoms with Crippen molar-refractivity contribution in [2.75, 3.05) is 31.7 Å². The van der Waals surface area contributed by atoms with E-state index < -0.39 is 10.0 Å². The number of rotatable bonds is 5. The van der Waals surface area contributed by atoms with E-state index in [9.17, 15) is 8.42 Å². The van der Waals surface area contributed by atoms with E-state index in [1.54, 1.807) is 6.07 Å². The summed E-state index contributed by atoms with van der Waals surface area (Å²) < 4.78 is 25.5. The van der Waals surface area contributed by atoms with Crippen LogP contribution in [0.4, 0.5) is 11.4 Å². The number of nitrogens with two attached hydrogens (primary N) is 1. The molecule has 5 nitrogen and oxygen atoms in total. The lowest BCUT2D eigenvalue weighted by molar-refractivity contribution is 0.521. The summed E-state index contributed by atoms with van der Waals surface area (Å²) in [5, 5.41) is 3.27. The number of nitrogens with one attached hydrogen (secondary N) is 1. The maximum absolute atomic E-state index is 12.2. The smallest absolute Gasteiger partial charge is 0.244 e. The molecule has 112 valence electrons. The van der Waals surface area contributed by atoms with Crippen molar-refractivity contribution >= 4 is 21.4 Å². The van der Waals surface area contributed by atoms with Crippen LogP contribution in [-0.2, 0) is 10.0 Å². The highest BCUT2D eigenvalue weighted by Crippen LogP contribution is 2.51. The maximum Gasteiger partial charge on any atom is 0.244 e. The van der Waals surface area contributed by atoms with Crippen molar-refractivity contribution in [1.82, 2.24) is 4.31 Å². The zero-order valence-corrected chi connectivity index (χ0v) is 13.3. The molecule has 1 atom stereocenters. The molecule has 0 aromatic heterocycles. The standard InChI is InChI=1S/C14H23N3O2S/c1-14(2)8-10(14)9-16-11-6-5-7-12(13(11)15)20(18,19)17(3)4/h5-7,10,16H,8-9,15H2,1-4H3. The van der Waals surface area contributed by atoms with Crippen molar-refractivity contribution in [2.24, 2.45) is 11.3 Å². The Hall–Kier alpha value is -1.27. The number of anilines is 2. The SMILES string of the molecule is CN(C)S(=O)(=O)c1cccc(NCC2CC2(C)C)c1N. The van der Waals surface area contributed by atoms with Crippen molar-refractivity contribution in [3.63, 3.8) is 0 Å². The number of hydrogen-bond acceptors (Lipinski definition) is 4. The summed E-state index contributed by atoms with van der Waals surface area (Å²) in [5.74, 6) is 0.621. The monoisotopic (exact) mass is 297 g/mol. The average Bonchev–Trinajstić information content (AvgIpc) is 2.95. The Morgan fingerprint density at radius 1 is 1.40 bits per heavy atom. The van der Waals surface area contributed by atoms with Crippen molar-refractivity contribution in [1.29, 1.82) is 0 Å².